The van der Waals surface area contributed by atoms with E-state index in [0.29, 0.717) is 11.8 Å². The van der Waals surface area contributed by atoms with Crippen molar-refractivity contribution in [3.8, 4) is 0 Å². The predicted octanol–water partition coefficient (Wildman–Crippen LogP) is 3.35. The van der Waals surface area contributed by atoms with Gasteiger partial charge in [-0.1, -0.05) is 42.5 Å². The van der Waals surface area contributed by atoms with E-state index in [1.165, 1.54) is 18.4 Å². The molecule has 2 aliphatic rings. The summed E-state index contributed by atoms with van der Waals surface area (Å²) in [5, 5.41) is 0. The zero-order chi connectivity index (χ0) is 13.1. The Hall–Kier alpha value is -1.57. The molecule has 2 heteroatoms. The number of nitrogens with zero attached hydrogens (tertiary/aromatic N) is 1. The van der Waals surface area contributed by atoms with E-state index in [1.54, 1.807) is 0 Å². The molecule has 19 heavy (non-hydrogen) atoms. The topological polar surface area (TPSA) is 20.3 Å². The number of rotatable bonds is 6. The van der Waals surface area contributed by atoms with Crippen LogP contribution in [0.3, 0.4) is 0 Å². The van der Waals surface area contributed by atoms with Gasteiger partial charge < -0.3 is 4.90 Å². The lowest BCUT2D eigenvalue weighted by Crippen LogP contribution is -2.34. The quantitative estimate of drug-likeness (QED) is 0.763. The van der Waals surface area contributed by atoms with Crippen molar-refractivity contribution < 1.29 is 4.79 Å². The van der Waals surface area contributed by atoms with Crippen molar-refractivity contribution in [2.24, 2.45) is 11.8 Å². The van der Waals surface area contributed by atoms with Crippen molar-refractivity contribution >= 4 is 12.0 Å². The number of amides is 1. The first-order chi connectivity index (χ1) is 9.33. The maximum Gasteiger partial charge on any atom is 0.225 e. The first-order valence-electron chi connectivity index (χ1n) is 7.33. The van der Waals surface area contributed by atoms with Gasteiger partial charge in [0, 0.05) is 19.0 Å². The summed E-state index contributed by atoms with van der Waals surface area (Å²) >= 11 is 0. The molecular formula is C17H21NO. The minimum atomic E-state index is 0.337. The van der Waals surface area contributed by atoms with Crippen molar-refractivity contribution in [2.75, 3.05) is 13.1 Å². The van der Waals surface area contributed by atoms with Gasteiger partial charge in [0.2, 0.25) is 5.91 Å². The third kappa shape index (κ3) is 3.69. The van der Waals surface area contributed by atoms with Crippen LogP contribution in [-0.4, -0.2) is 23.9 Å². The fourth-order valence-electron chi connectivity index (χ4n) is 2.34. The Morgan fingerprint density at radius 1 is 1.16 bits per heavy atom. The second kappa shape index (κ2) is 5.60. The molecular weight excluding hydrogens is 234 g/mol. The van der Waals surface area contributed by atoms with Gasteiger partial charge in [-0.25, -0.2) is 0 Å². The summed E-state index contributed by atoms with van der Waals surface area (Å²) in [5.74, 6) is 1.49. The zero-order valence-corrected chi connectivity index (χ0v) is 11.3. The van der Waals surface area contributed by atoms with Crippen LogP contribution < -0.4 is 0 Å². The fourth-order valence-corrected chi connectivity index (χ4v) is 2.34. The Kier molecular flexibility index (Phi) is 3.67. The molecule has 0 aliphatic heterocycles. The Morgan fingerprint density at radius 2 is 1.89 bits per heavy atom. The average molecular weight is 255 g/mol. The molecule has 0 spiro atoms. The highest BCUT2D eigenvalue weighted by Crippen LogP contribution is 2.34. The SMILES string of the molecule is O=C(C1CC1)N(CC=Cc1ccccc1)CC1CC1. The number of benzene rings is 1. The Labute approximate surface area is 115 Å². The fraction of sp³-hybridized carbons (Fsp3) is 0.471. The summed E-state index contributed by atoms with van der Waals surface area (Å²) < 4.78 is 0. The standard InChI is InChI=1S/C17H21NO/c19-17(16-10-11-16)18(13-15-8-9-15)12-4-7-14-5-2-1-3-6-14/h1-7,15-16H,8-13H2. The summed E-state index contributed by atoms with van der Waals surface area (Å²) in [5.41, 5.74) is 1.20. The van der Waals surface area contributed by atoms with E-state index in [9.17, 15) is 4.79 Å². The van der Waals surface area contributed by atoms with Crippen LogP contribution in [0.15, 0.2) is 36.4 Å². The summed E-state index contributed by atoms with van der Waals surface area (Å²) in [7, 11) is 0. The second-order valence-corrected chi connectivity index (χ2v) is 5.77. The Balaban J connectivity index is 1.57. The van der Waals surface area contributed by atoms with Crippen molar-refractivity contribution in [1.82, 2.24) is 4.90 Å². The van der Waals surface area contributed by atoms with Crippen LogP contribution in [0, 0.1) is 11.8 Å². The van der Waals surface area contributed by atoms with Crippen LogP contribution in [-0.2, 0) is 4.79 Å². The monoisotopic (exact) mass is 255 g/mol. The van der Waals surface area contributed by atoms with Gasteiger partial charge in [-0.05, 0) is 37.2 Å². The summed E-state index contributed by atoms with van der Waals surface area (Å²) in [6.45, 7) is 1.73. The van der Waals surface area contributed by atoms with Gasteiger partial charge in [0.25, 0.3) is 0 Å². The third-order valence-corrected chi connectivity index (χ3v) is 3.85. The first kappa shape index (κ1) is 12.5. The molecule has 2 nitrogen and oxygen atoms in total. The van der Waals surface area contributed by atoms with Gasteiger partial charge in [0.1, 0.15) is 0 Å². The molecule has 0 heterocycles. The Morgan fingerprint density at radius 3 is 2.53 bits per heavy atom. The normalized spacial score (nSPS) is 18.7. The molecule has 2 aliphatic carbocycles. The van der Waals surface area contributed by atoms with Crippen molar-refractivity contribution in [3.63, 3.8) is 0 Å². The van der Waals surface area contributed by atoms with Gasteiger partial charge in [0.15, 0.2) is 0 Å². The minimum absolute atomic E-state index is 0.337. The van der Waals surface area contributed by atoms with Gasteiger partial charge in [-0.15, -0.1) is 0 Å². The molecule has 100 valence electrons. The molecule has 0 aromatic heterocycles. The Bertz CT molecular complexity index is 457. The maximum absolute atomic E-state index is 12.2. The second-order valence-electron chi connectivity index (χ2n) is 5.77. The highest BCUT2D eigenvalue weighted by Gasteiger charge is 2.35. The van der Waals surface area contributed by atoms with Gasteiger partial charge in [-0.2, -0.15) is 0 Å². The van der Waals surface area contributed by atoms with Crippen LogP contribution in [0.1, 0.15) is 31.2 Å². The summed E-state index contributed by atoms with van der Waals surface area (Å²) in [6.07, 6.45) is 9.04. The summed E-state index contributed by atoms with van der Waals surface area (Å²) in [6, 6.07) is 10.3. The van der Waals surface area contributed by atoms with Crippen LogP contribution in [0.5, 0.6) is 0 Å². The maximum atomic E-state index is 12.2. The number of hydrogen-bond acceptors (Lipinski definition) is 1. The van der Waals surface area contributed by atoms with Crippen molar-refractivity contribution in [2.45, 2.75) is 25.7 Å². The largest absolute Gasteiger partial charge is 0.338 e. The van der Waals surface area contributed by atoms with E-state index in [1.807, 2.05) is 18.2 Å². The van der Waals surface area contributed by atoms with Crippen LogP contribution in [0.2, 0.25) is 0 Å². The lowest BCUT2D eigenvalue weighted by atomic mass is 10.2. The van der Waals surface area contributed by atoms with E-state index < -0.39 is 0 Å². The predicted molar refractivity (Wildman–Crippen MR) is 77.5 cm³/mol. The molecule has 0 atom stereocenters. The van der Waals surface area contributed by atoms with E-state index >= 15 is 0 Å². The van der Waals surface area contributed by atoms with Gasteiger partial charge in [0.05, 0.1) is 0 Å². The van der Waals surface area contributed by atoms with Gasteiger partial charge in [-0.3, -0.25) is 4.79 Å². The van der Waals surface area contributed by atoms with E-state index in [2.05, 4.69) is 29.2 Å². The van der Waals surface area contributed by atoms with E-state index in [0.717, 1.165) is 31.8 Å². The van der Waals surface area contributed by atoms with E-state index in [-0.39, 0.29) is 0 Å². The zero-order valence-electron chi connectivity index (χ0n) is 11.3. The number of hydrogen-bond donors (Lipinski definition) is 0. The number of carbonyl (C=O) groups is 1. The molecule has 1 amide bonds. The molecule has 0 unspecified atom stereocenters. The first-order valence-corrected chi connectivity index (χ1v) is 7.33. The average Bonchev–Trinajstić information content (AvgIpc) is 3.30. The van der Waals surface area contributed by atoms with Crippen molar-refractivity contribution in [1.29, 1.82) is 0 Å². The lowest BCUT2D eigenvalue weighted by Gasteiger charge is -2.21. The molecule has 0 saturated heterocycles. The third-order valence-electron chi connectivity index (χ3n) is 3.85. The number of carbonyl (C=O) groups excluding carboxylic acids is 1. The van der Waals surface area contributed by atoms with Crippen LogP contribution >= 0.6 is 0 Å². The smallest absolute Gasteiger partial charge is 0.225 e. The molecule has 0 N–H and O–H groups in total. The molecule has 1 aromatic carbocycles. The molecule has 2 fully saturated rings. The summed E-state index contributed by atoms with van der Waals surface area (Å²) in [4.78, 5) is 14.3. The molecule has 1 aromatic rings. The van der Waals surface area contributed by atoms with Crippen LogP contribution in [0.4, 0.5) is 0 Å². The molecule has 0 bridgehead atoms. The highest BCUT2D eigenvalue weighted by atomic mass is 16.2. The minimum Gasteiger partial charge on any atom is -0.338 e. The van der Waals surface area contributed by atoms with E-state index in [4.69, 9.17) is 0 Å². The highest BCUT2D eigenvalue weighted by molar-refractivity contribution is 5.81. The van der Waals surface area contributed by atoms with Crippen LogP contribution in [0.25, 0.3) is 6.08 Å². The molecule has 0 radical (unpaired) electrons. The van der Waals surface area contributed by atoms with Gasteiger partial charge >= 0.3 is 0 Å². The molecule has 2 saturated carbocycles. The molecule has 3 rings (SSSR count). The van der Waals surface area contributed by atoms with Crippen molar-refractivity contribution in [3.05, 3.63) is 42.0 Å². The lowest BCUT2D eigenvalue weighted by molar-refractivity contribution is -0.132.